The topological polar surface area (TPSA) is 72.9 Å². The van der Waals surface area contributed by atoms with Crippen molar-refractivity contribution in [3.63, 3.8) is 0 Å². The number of carbonyl (C=O) groups is 2. The van der Waals surface area contributed by atoms with Crippen LogP contribution in [0.2, 0.25) is 0 Å². The van der Waals surface area contributed by atoms with Crippen molar-refractivity contribution in [3.8, 4) is 0 Å². The third kappa shape index (κ3) is 3.43. The minimum absolute atomic E-state index is 0.0195. The number of imide groups is 1. The molecule has 1 saturated heterocycles. The largest absolute Gasteiger partial charge is 0.395 e. The number of β-amino-alcohol motifs (C(OH)–C–C–N with tert-alkyl or cyclic N) is 1. The highest BCUT2D eigenvalue weighted by atomic mass is 16.3. The molecule has 0 bridgehead atoms. The molecule has 2 amide bonds. The Morgan fingerprint density at radius 3 is 2.46 bits per heavy atom. The SMILES string of the molecule is CC1CCN(c2ccc(NC3=CC(=O)N(CCO)C3=O)cc2)CC1. The van der Waals surface area contributed by atoms with E-state index in [1.807, 2.05) is 24.3 Å². The molecule has 24 heavy (non-hydrogen) atoms. The van der Waals surface area contributed by atoms with Crippen LogP contribution in [0.15, 0.2) is 36.0 Å². The molecule has 0 aliphatic carbocycles. The van der Waals surface area contributed by atoms with Gasteiger partial charge in [0.05, 0.1) is 13.2 Å². The zero-order valence-corrected chi connectivity index (χ0v) is 13.9. The van der Waals surface area contributed by atoms with E-state index in [1.165, 1.54) is 24.6 Å². The Hall–Kier alpha value is -2.34. The van der Waals surface area contributed by atoms with Crippen molar-refractivity contribution in [3.05, 3.63) is 36.0 Å². The molecule has 0 radical (unpaired) electrons. The number of rotatable bonds is 5. The van der Waals surface area contributed by atoms with Crippen LogP contribution in [0.25, 0.3) is 0 Å². The predicted molar refractivity (Wildman–Crippen MR) is 92.6 cm³/mol. The number of aliphatic hydroxyl groups excluding tert-OH is 1. The molecule has 128 valence electrons. The van der Waals surface area contributed by atoms with E-state index in [-0.39, 0.29) is 18.8 Å². The Labute approximate surface area is 141 Å². The fraction of sp³-hybridized carbons (Fsp3) is 0.444. The molecule has 2 aliphatic rings. The highest BCUT2D eigenvalue weighted by molar-refractivity contribution is 6.17. The van der Waals surface area contributed by atoms with Gasteiger partial charge >= 0.3 is 0 Å². The van der Waals surface area contributed by atoms with Gasteiger partial charge in [0.15, 0.2) is 0 Å². The van der Waals surface area contributed by atoms with Gasteiger partial charge in [-0.05, 0) is 43.0 Å². The number of piperidine rings is 1. The van der Waals surface area contributed by atoms with E-state index >= 15 is 0 Å². The number of nitrogens with zero attached hydrogens (tertiary/aromatic N) is 2. The van der Waals surface area contributed by atoms with Crippen molar-refractivity contribution >= 4 is 23.2 Å². The first-order valence-electron chi connectivity index (χ1n) is 8.39. The van der Waals surface area contributed by atoms with Gasteiger partial charge in [-0.3, -0.25) is 14.5 Å². The Morgan fingerprint density at radius 2 is 1.83 bits per heavy atom. The summed E-state index contributed by atoms with van der Waals surface area (Å²) in [5.74, 6) is 0.000612. The van der Waals surface area contributed by atoms with E-state index < -0.39 is 11.8 Å². The number of carbonyl (C=O) groups excluding carboxylic acids is 2. The summed E-state index contributed by atoms with van der Waals surface area (Å²) in [6.07, 6.45) is 3.70. The highest BCUT2D eigenvalue weighted by Crippen LogP contribution is 2.25. The van der Waals surface area contributed by atoms with Gasteiger partial charge < -0.3 is 15.3 Å². The van der Waals surface area contributed by atoms with Crippen molar-refractivity contribution in [2.45, 2.75) is 19.8 Å². The van der Waals surface area contributed by atoms with Crippen molar-refractivity contribution in [2.24, 2.45) is 5.92 Å². The van der Waals surface area contributed by atoms with Gasteiger partial charge in [0.1, 0.15) is 5.70 Å². The molecule has 6 heteroatoms. The molecule has 2 aliphatic heterocycles. The summed E-state index contributed by atoms with van der Waals surface area (Å²) in [5, 5.41) is 11.9. The fourth-order valence-corrected chi connectivity index (χ4v) is 3.09. The number of benzene rings is 1. The van der Waals surface area contributed by atoms with Crippen LogP contribution in [0.5, 0.6) is 0 Å². The van der Waals surface area contributed by atoms with E-state index in [0.29, 0.717) is 0 Å². The molecule has 0 aromatic heterocycles. The lowest BCUT2D eigenvalue weighted by Crippen LogP contribution is -2.34. The first kappa shape index (κ1) is 16.5. The maximum atomic E-state index is 12.1. The third-order valence-corrected chi connectivity index (χ3v) is 4.63. The average Bonchev–Trinajstić information content (AvgIpc) is 2.84. The van der Waals surface area contributed by atoms with Gasteiger partial charge in [0.2, 0.25) is 0 Å². The number of nitrogens with one attached hydrogen (secondary N) is 1. The standard InChI is InChI=1S/C18H23N3O3/c1-13-6-8-20(9-7-13)15-4-2-14(3-5-15)19-16-12-17(23)21(10-11-22)18(16)24/h2-5,12-13,19,22H,6-11H2,1H3. The monoisotopic (exact) mass is 329 g/mol. The summed E-state index contributed by atoms with van der Waals surface area (Å²) in [5.41, 5.74) is 2.19. The number of amides is 2. The second kappa shape index (κ2) is 7.05. The normalized spacial score (nSPS) is 19.0. The van der Waals surface area contributed by atoms with E-state index in [0.717, 1.165) is 29.6 Å². The molecular weight excluding hydrogens is 306 g/mol. The third-order valence-electron chi connectivity index (χ3n) is 4.63. The second-order valence-corrected chi connectivity index (χ2v) is 6.42. The van der Waals surface area contributed by atoms with Crippen LogP contribution in [0.1, 0.15) is 19.8 Å². The lowest BCUT2D eigenvalue weighted by Gasteiger charge is -2.32. The first-order chi connectivity index (χ1) is 11.6. The van der Waals surface area contributed by atoms with Gasteiger partial charge in [-0.1, -0.05) is 6.92 Å². The van der Waals surface area contributed by atoms with Gasteiger partial charge in [-0.2, -0.15) is 0 Å². The van der Waals surface area contributed by atoms with Crippen LogP contribution in [-0.2, 0) is 9.59 Å². The lowest BCUT2D eigenvalue weighted by atomic mass is 9.99. The molecular formula is C18H23N3O3. The summed E-state index contributed by atoms with van der Waals surface area (Å²) in [4.78, 5) is 27.2. The smallest absolute Gasteiger partial charge is 0.277 e. The number of anilines is 2. The van der Waals surface area contributed by atoms with Crippen LogP contribution in [0, 0.1) is 5.92 Å². The van der Waals surface area contributed by atoms with Crippen LogP contribution in [0.4, 0.5) is 11.4 Å². The summed E-state index contributed by atoms with van der Waals surface area (Å²) in [6.45, 7) is 4.22. The first-order valence-corrected chi connectivity index (χ1v) is 8.39. The highest BCUT2D eigenvalue weighted by Gasteiger charge is 2.30. The van der Waals surface area contributed by atoms with Gasteiger partial charge in [-0.15, -0.1) is 0 Å². The van der Waals surface area contributed by atoms with Crippen LogP contribution >= 0.6 is 0 Å². The number of hydrogen-bond donors (Lipinski definition) is 2. The molecule has 2 heterocycles. The molecule has 0 atom stereocenters. The number of aliphatic hydroxyl groups is 1. The molecule has 0 saturated carbocycles. The van der Waals surface area contributed by atoms with E-state index in [4.69, 9.17) is 5.11 Å². The van der Waals surface area contributed by atoms with Crippen molar-refractivity contribution < 1.29 is 14.7 Å². The van der Waals surface area contributed by atoms with Gasteiger partial charge in [0.25, 0.3) is 11.8 Å². The van der Waals surface area contributed by atoms with Crippen LogP contribution in [-0.4, -0.2) is 48.1 Å². The zero-order valence-electron chi connectivity index (χ0n) is 13.9. The fourth-order valence-electron chi connectivity index (χ4n) is 3.09. The van der Waals surface area contributed by atoms with Gasteiger partial charge in [-0.25, -0.2) is 0 Å². The van der Waals surface area contributed by atoms with E-state index in [2.05, 4.69) is 17.1 Å². The molecule has 2 N–H and O–H groups in total. The van der Waals surface area contributed by atoms with Crippen LogP contribution in [0.3, 0.4) is 0 Å². The summed E-state index contributed by atoms with van der Waals surface area (Å²) >= 11 is 0. The van der Waals surface area contributed by atoms with E-state index in [9.17, 15) is 9.59 Å². The predicted octanol–water partition coefficient (Wildman–Crippen LogP) is 1.58. The molecule has 1 aromatic carbocycles. The molecule has 6 nitrogen and oxygen atoms in total. The van der Waals surface area contributed by atoms with Gasteiger partial charge in [0, 0.05) is 30.5 Å². The Bertz CT molecular complexity index is 646. The quantitative estimate of drug-likeness (QED) is 0.803. The van der Waals surface area contributed by atoms with Crippen molar-refractivity contribution in [1.82, 2.24) is 4.90 Å². The average molecular weight is 329 g/mol. The summed E-state index contributed by atoms with van der Waals surface area (Å²) < 4.78 is 0. The van der Waals surface area contributed by atoms with Crippen molar-refractivity contribution in [1.29, 1.82) is 0 Å². The summed E-state index contributed by atoms with van der Waals surface area (Å²) in [7, 11) is 0. The van der Waals surface area contributed by atoms with Crippen LogP contribution < -0.4 is 10.2 Å². The second-order valence-electron chi connectivity index (χ2n) is 6.42. The zero-order chi connectivity index (χ0) is 17.1. The summed E-state index contributed by atoms with van der Waals surface area (Å²) in [6, 6.07) is 7.90. The molecule has 3 rings (SSSR count). The minimum atomic E-state index is -0.400. The lowest BCUT2D eigenvalue weighted by molar-refractivity contribution is -0.137. The molecule has 1 fully saturated rings. The Morgan fingerprint density at radius 1 is 1.17 bits per heavy atom. The number of hydrogen-bond acceptors (Lipinski definition) is 5. The minimum Gasteiger partial charge on any atom is -0.395 e. The molecule has 0 unspecified atom stereocenters. The molecule has 0 spiro atoms. The molecule has 1 aromatic rings. The maximum absolute atomic E-state index is 12.1. The Kier molecular flexibility index (Phi) is 4.85. The van der Waals surface area contributed by atoms with Crippen molar-refractivity contribution in [2.75, 3.05) is 36.5 Å². The van der Waals surface area contributed by atoms with E-state index in [1.54, 1.807) is 0 Å². The Balaban J connectivity index is 1.63. The maximum Gasteiger partial charge on any atom is 0.277 e.